The van der Waals surface area contributed by atoms with E-state index in [2.05, 4.69) is 12.2 Å². The molecule has 112 valence electrons. The molecule has 20 heavy (non-hydrogen) atoms. The van der Waals surface area contributed by atoms with Gasteiger partial charge in [0, 0.05) is 6.04 Å². The zero-order valence-electron chi connectivity index (χ0n) is 11.9. The molecule has 1 aliphatic carbocycles. The quantitative estimate of drug-likeness (QED) is 0.477. The lowest BCUT2D eigenvalue weighted by Crippen LogP contribution is -2.20. The van der Waals surface area contributed by atoms with Crippen molar-refractivity contribution in [3.05, 3.63) is 32.8 Å². The van der Waals surface area contributed by atoms with E-state index in [0.717, 1.165) is 18.0 Å². The Bertz CT molecular complexity index is 442. The van der Waals surface area contributed by atoms with E-state index < -0.39 is 0 Å². The second-order valence-corrected chi connectivity index (χ2v) is 6.90. The third-order valence-corrected chi connectivity index (χ3v) is 5.55. The molecule has 0 saturated heterocycles. The molecule has 1 aromatic carbocycles. The van der Waals surface area contributed by atoms with Crippen LogP contribution >= 0.6 is 34.8 Å². The summed E-state index contributed by atoms with van der Waals surface area (Å²) in [4.78, 5) is 0. The topological polar surface area (TPSA) is 12.0 Å². The maximum atomic E-state index is 6.25. The van der Waals surface area contributed by atoms with Crippen LogP contribution in [0.1, 0.15) is 57.1 Å². The lowest BCUT2D eigenvalue weighted by atomic mass is 10.0. The molecule has 1 nitrogen and oxygen atoms in total. The lowest BCUT2D eigenvalue weighted by Gasteiger charge is -2.17. The fourth-order valence-corrected chi connectivity index (χ4v) is 3.70. The Balaban J connectivity index is 1.79. The van der Waals surface area contributed by atoms with E-state index in [1.807, 2.05) is 12.1 Å². The second-order valence-electron chi connectivity index (χ2n) is 5.73. The maximum Gasteiger partial charge on any atom is 0.0781 e. The Hall–Kier alpha value is 0.0500. The fourth-order valence-electron chi connectivity index (χ4n) is 2.99. The highest BCUT2D eigenvalue weighted by molar-refractivity contribution is 6.48. The normalized spacial score (nSPS) is 17.6. The predicted molar refractivity (Wildman–Crippen MR) is 89.1 cm³/mol. The molecule has 1 atom stereocenters. The van der Waals surface area contributed by atoms with Crippen molar-refractivity contribution < 1.29 is 0 Å². The summed E-state index contributed by atoms with van der Waals surface area (Å²) in [6.07, 6.45) is 8.27. The van der Waals surface area contributed by atoms with Crippen LogP contribution < -0.4 is 5.32 Å². The van der Waals surface area contributed by atoms with Crippen molar-refractivity contribution in [1.29, 1.82) is 0 Å². The molecule has 4 heteroatoms. The average Bonchev–Trinajstić information content (AvgIpc) is 2.94. The summed E-state index contributed by atoms with van der Waals surface area (Å²) in [6.45, 7) is 3.13. The van der Waals surface area contributed by atoms with Gasteiger partial charge in [-0.1, -0.05) is 66.6 Å². The van der Waals surface area contributed by atoms with Gasteiger partial charge in [-0.05, 0) is 43.9 Å². The van der Waals surface area contributed by atoms with E-state index in [0.29, 0.717) is 15.1 Å². The third kappa shape index (κ3) is 4.27. The molecule has 1 fully saturated rings. The zero-order valence-corrected chi connectivity index (χ0v) is 14.2. The number of hydrogen-bond donors (Lipinski definition) is 1. The average molecular weight is 335 g/mol. The van der Waals surface area contributed by atoms with Crippen LogP contribution in [0, 0.1) is 5.92 Å². The number of nitrogens with one attached hydrogen (secondary N) is 1. The van der Waals surface area contributed by atoms with E-state index in [9.17, 15) is 0 Å². The fraction of sp³-hybridized carbons (Fsp3) is 0.625. The Labute approximate surface area is 137 Å². The van der Waals surface area contributed by atoms with Crippen molar-refractivity contribution in [2.24, 2.45) is 5.92 Å². The van der Waals surface area contributed by atoms with Crippen LogP contribution in [-0.4, -0.2) is 6.54 Å². The summed E-state index contributed by atoms with van der Waals surface area (Å²) in [5, 5.41) is 5.05. The van der Waals surface area contributed by atoms with Crippen molar-refractivity contribution in [3.63, 3.8) is 0 Å². The Morgan fingerprint density at radius 1 is 1.15 bits per heavy atom. The number of hydrogen-bond acceptors (Lipinski definition) is 1. The Kier molecular flexibility index (Phi) is 6.48. The van der Waals surface area contributed by atoms with E-state index in [4.69, 9.17) is 34.8 Å². The smallest absolute Gasteiger partial charge is 0.0781 e. The SMILES string of the molecule is CC(NCCCC1CCCC1)c1ccc(Cl)c(Cl)c1Cl. The van der Waals surface area contributed by atoms with Gasteiger partial charge >= 0.3 is 0 Å². The summed E-state index contributed by atoms with van der Waals surface area (Å²) >= 11 is 18.3. The molecule has 1 saturated carbocycles. The van der Waals surface area contributed by atoms with Gasteiger partial charge in [0.15, 0.2) is 0 Å². The van der Waals surface area contributed by atoms with Crippen LogP contribution in [0.3, 0.4) is 0 Å². The van der Waals surface area contributed by atoms with E-state index in [1.165, 1.54) is 38.5 Å². The van der Waals surface area contributed by atoms with Crippen LogP contribution in [0.5, 0.6) is 0 Å². The summed E-state index contributed by atoms with van der Waals surface area (Å²) in [5.74, 6) is 0.959. The first-order chi connectivity index (χ1) is 9.59. The standard InChI is InChI=1S/C16H22Cl3N/c1-11(13-8-9-14(17)16(19)15(13)18)20-10-4-7-12-5-2-3-6-12/h8-9,11-12,20H,2-7,10H2,1H3. The van der Waals surface area contributed by atoms with Gasteiger partial charge in [-0.2, -0.15) is 0 Å². The summed E-state index contributed by atoms with van der Waals surface area (Å²) < 4.78 is 0. The largest absolute Gasteiger partial charge is 0.310 e. The van der Waals surface area contributed by atoms with Crippen LogP contribution in [0.2, 0.25) is 15.1 Å². The first-order valence-electron chi connectivity index (χ1n) is 7.46. The molecule has 1 aromatic rings. The van der Waals surface area contributed by atoms with Crippen molar-refractivity contribution in [1.82, 2.24) is 5.32 Å². The first kappa shape index (κ1) is 16.4. The van der Waals surface area contributed by atoms with Crippen LogP contribution in [0.15, 0.2) is 12.1 Å². The molecule has 1 N–H and O–H groups in total. The van der Waals surface area contributed by atoms with E-state index in [1.54, 1.807) is 0 Å². The second kappa shape index (κ2) is 7.89. The highest BCUT2D eigenvalue weighted by Gasteiger charge is 2.16. The van der Waals surface area contributed by atoms with Crippen molar-refractivity contribution >= 4 is 34.8 Å². The molecule has 0 aromatic heterocycles. The Morgan fingerprint density at radius 2 is 1.85 bits per heavy atom. The molecule has 2 rings (SSSR count). The highest BCUT2D eigenvalue weighted by Crippen LogP contribution is 2.35. The molecule has 0 bridgehead atoms. The van der Waals surface area contributed by atoms with Gasteiger partial charge in [0.25, 0.3) is 0 Å². The molecule has 0 radical (unpaired) electrons. The number of rotatable bonds is 6. The number of halogens is 3. The van der Waals surface area contributed by atoms with Gasteiger partial charge in [0.2, 0.25) is 0 Å². The third-order valence-electron chi connectivity index (χ3n) is 4.25. The van der Waals surface area contributed by atoms with Gasteiger partial charge < -0.3 is 5.32 Å². The molecule has 1 aliphatic rings. The molecular formula is C16H22Cl3N. The molecule has 0 spiro atoms. The van der Waals surface area contributed by atoms with Gasteiger partial charge in [0.05, 0.1) is 15.1 Å². The first-order valence-corrected chi connectivity index (χ1v) is 8.59. The van der Waals surface area contributed by atoms with E-state index >= 15 is 0 Å². The maximum absolute atomic E-state index is 6.25. The van der Waals surface area contributed by atoms with Crippen molar-refractivity contribution in [2.75, 3.05) is 6.54 Å². The molecular weight excluding hydrogens is 313 g/mol. The van der Waals surface area contributed by atoms with Crippen LogP contribution in [0.4, 0.5) is 0 Å². The Morgan fingerprint density at radius 3 is 2.55 bits per heavy atom. The highest BCUT2D eigenvalue weighted by atomic mass is 35.5. The minimum atomic E-state index is 0.195. The van der Waals surface area contributed by atoms with Crippen LogP contribution in [0.25, 0.3) is 0 Å². The lowest BCUT2D eigenvalue weighted by molar-refractivity contribution is 0.456. The summed E-state index contributed by atoms with van der Waals surface area (Å²) in [6, 6.07) is 3.95. The monoisotopic (exact) mass is 333 g/mol. The zero-order chi connectivity index (χ0) is 14.5. The van der Waals surface area contributed by atoms with Gasteiger partial charge in [-0.25, -0.2) is 0 Å². The predicted octanol–water partition coefficient (Wildman–Crippen LogP) is 6.27. The minimum absolute atomic E-state index is 0.195. The summed E-state index contributed by atoms with van der Waals surface area (Å²) in [7, 11) is 0. The van der Waals surface area contributed by atoms with E-state index in [-0.39, 0.29) is 6.04 Å². The van der Waals surface area contributed by atoms with Gasteiger partial charge in [0.1, 0.15) is 0 Å². The number of benzene rings is 1. The van der Waals surface area contributed by atoms with Gasteiger partial charge in [-0.15, -0.1) is 0 Å². The van der Waals surface area contributed by atoms with Crippen molar-refractivity contribution in [3.8, 4) is 0 Å². The van der Waals surface area contributed by atoms with Crippen molar-refractivity contribution in [2.45, 2.75) is 51.5 Å². The molecule has 0 aliphatic heterocycles. The van der Waals surface area contributed by atoms with Gasteiger partial charge in [-0.3, -0.25) is 0 Å². The molecule has 1 unspecified atom stereocenters. The molecule has 0 amide bonds. The summed E-state index contributed by atoms with van der Waals surface area (Å²) in [5.41, 5.74) is 1.02. The minimum Gasteiger partial charge on any atom is -0.310 e. The van der Waals surface area contributed by atoms with Crippen LogP contribution in [-0.2, 0) is 0 Å². The molecule has 0 heterocycles.